The van der Waals surface area contributed by atoms with E-state index in [2.05, 4.69) is 9.97 Å². The average Bonchev–Trinajstić information content (AvgIpc) is 2.92. The van der Waals surface area contributed by atoms with Crippen molar-refractivity contribution in [1.82, 2.24) is 14.5 Å². The van der Waals surface area contributed by atoms with Gasteiger partial charge in [0, 0.05) is 16.8 Å². The van der Waals surface area contributed by atoms with Crippen LogP contribution in [-0.2, 0) is 0 Å². The van der Waals surface area contributed by atoms with Crippen LogP contribution in [0.15, 0.2) is 49.1 Å². The summed E-state index contributed by atoms with van der Waals surface area (Å²) in [5, 5.41) is 0.734. The molecule has 2 heterocycles. The van der Waals surface area contributed by atoms with Gasteiger partial charge in [-0.2, -0.15) is 0 Å². The summed E-state index contributed by atoms with van der Waals surface area (Å²) in [6.07, 6.45) is 5.31. The van der Waals surface area contributed by atoms with Gasteiger partial charge in [0.1, 0.15) is 5.82 Å². The fourth-order valence-corrected chi connectivity index (χ4v) is 2.28. The predicted octanol–water partition coefficient (Wildman–Crippen LogP) is 3.48. The molecular weight excluding hydrogens is 272 g/mol. The van der Waals surface area contributed by atoms with E-state index in [1.165, 1.54) is 0 Å². The molecule has 0 amide bonds. The third kappa shape index (κ3) is 2.14. The number of aromatic nitrogens is 3. The van der Waals surface area contributed by atoms with Crippen molar-refractivity contribution in [2.45, 2.75) is 6.92 Å². The highest BCUT2D eigenvalue weighted by molar-refractivity contribution is 6.31. The maximum absolute atomic E-state index is 6.19. The first-order chi connectivity index (χ1) is 9.66. The molecule has 0 atom stereocenters. The molecule has 3 rings (SSSR count). The maximum Gasteiger partial charge on any atom is 0.123 e. The Morgan fingerprint density at radius 1 is 1.15 bits per heavy atom. The number of rotatable bonds is 2. The minimum Gasteiger partial charge on any atom is -0.384 e. The minimum absolute atomic E-state index is 0.499. The first kappa shape index (κ1) is 12.7. The van der Waals surface area contributed by atoms with E-state index in [1.807, 2.05) is 35.8 Å². The van der Waals surface area contributed by atoms with E-state index in [0.29, 0.717) is 5.82 Å². The zero-order valence-corrected chi connectivity index (χ0v) is 11.7. The van der Waals surface area contributed by atoms with Crippen molar-refractivity contribution in [3.8, 4) is 16.9 Å². The number of anilines is 1. The normalized spacial score (nSPS) is 10.7. The van der Waals surface area contributed by atoms with Crippen LogP contribution in [0.2, 0.25) is 5.02 Å². The smallest absolute Gasteiger partial charge is 0.123 e. The van der Waals surface area contributed by atoms with Crippen LogP contribution >= 0.6 is 11.6 Å². The van der Waals surface area contributed by atoms with Crippen LogP contribution in [0.1, 0.15) is 5.56 Å². The van der Waals surface area contributed by atoms with Crippen LogP contribution in [0.3, 0.4) is 0 Å². The molecule has 20 heavy (non-hydrogen) atoms. The van der Waals surface area contributed by atoms with Gasteiger partial charge in [-0.25, -0.2) is 9.97 Å². The van der Waals surface area contributed by atoms with Crippen molar-refractivity contribution in [2.24, 2.45) is 0 Å². The summed E-state index contributed by atoms with van der Waals surface area (Å²) < 4.78 is 1.99. The zero-order chi connectivity index (χ0) is 14.1. The topological polar surface area (TPSA) is 56.7 Å². The quantitative estimate of drug-likeness (QED) is 0.784. The summed E-state index contributed by atoms with van der Waals surface area (Å²) in [5.74, 6) is 0.499. The van der Waals surface area contributed by atoms with Crippen molar-refractivity contribution >= 4 is 17.4 Å². The van der Waals surface area contributed by atoms with E-state index in [9.17, 15) is 0 Å². The number of hydrogen-bond donors (Lipinski definition) is 1. The maximum atomic E-state index is 6.19. The summed E-state index contributed by atoms with van der Waals surface area (Å²) in [4.78, 5) is 8.35. The summed E-state index contributed by atoms with van der Waals surface area (Å²) >= 11 is 6.19. The van der Waals surface area contributed by atoms with E-state index < -0.39 is 0 Å². The SMILES string of the molecule is Cc1c(Cl)cccc1-n1cncc1-c1ccc(N)nc1. The monoisotopic (exact) mass is 284 g/mol. The number of nitrogens with zero attached hydrogens (tertiary/aromatic N) is 3. The first-order valence-corrected chi connectivity index (χ1v) is 6.54. The van der Waals surface area contributed by atoms with Gasteiger partial charge in [-0.15, -0.1) is 0 Å². The van der Waals surface area contributed by atoms with Gasteiger partial charge in [-0.05, 0) is 36.8 Å². The van der Waals surface area contributed by atoms with Gasteiger partial charge in [0.2, 0.25) is 0 Å². The van der Waals surface area contributed by atoms with Gasteiger partial charge in [-0.3, -0.25) is 4.57 Å². The number of hydrogen-bond acceptors (Lipinski definition) is 3. The largest absolute Gasteiger partial charge is 0.384 e. The van der Waals surface area contributed by atoms with E-state index in [1.54, 1.807) is 24.8 Å². The number of halogens is 1. The van der Waals surface area contributed by atoms with E-state index in [0.717, 1.165) is 27.5 Å². The van der Waals surface area contributed by atoms with Gasteiger partial charge < -0.3 is 5.73 Å². The molecule has 2 aromatic heterocycles. The molecule has 1 aromatic carbocycles. The molecule has 0 aliphatic rings. The van der Waals surface area contributed by atoms with E-state index in [-0.39, 0.29) is 0 Å². The molecule has 5 heteroatoms. The fourth-order valence-electron chi connectivity index (χ4n) is 2.11. The predicted molar refractivity (Wildman–Crippen MR) is 81.0 cm³/mol. The number of imidazole rings is 1. The van der Waals surface area contributed by atoms with Gasteiger partial charge in [0.15, 0.2) is 0 Å². The van der Waals surface area contributed by atoms with Crippen LogP contribution in [-0.4, -0.2) is 14.5 Å². The van der Waals surface area contributed by atoms with Gasteiger partial charge in [0.05, 0.1) is 23.9 Å². The van der Waals surface area contributed by atoms with E-state index in [4.69, 9.17) is 17.3 Å². The summed E-state index contributed by atoms with van der Waals surface area (Å²) in [5.41, 5.74) is 9.54. The highest BCUT2D eigenvalue weighted by Crippen LogP contribution is 2.27. The second-order valence-corrected chi connectivity index (χ2v) is 4.91. The molecule has 2 N–H and O–H groups in total. The molecule has 0 radical (unpaired) electrons. The second-order valence-electron chi connectivity index (χ2n) is 4.50. The lowest BCUT2D eigenvalue weighted by Crippen LogP contribution is -1.99. The second kappa shape index (κ2) is 4.98. The third-order valence-corrected chi connectivity index (χ3v) is 3.63. The molecule has 0 saturated heterocycles. The molecule has 4 nitrogen and oxygen atoms in total. The van der Waals surface area contributed by atoms with Gasteiger partial charge in [0.25, 0.3) is 0 Å². The van der Waals surface area contributed by atoms with Crippen molar-refractivity contribution < 1.29 is 0 Å². The van der Waals surface area contributed by atoms with Gasteiger partial charge >= 0.3 is 0 Å². The molecule has 0 bridgehead atoms. The summed E-state index contributed by atoms with van der Waals surface area (Å²) in [7, 11) is 0. The highest BCUT2D eigenvalue weighted by Gasteiger charge is 2.10. The average molecular weight is 285 g/mol. The summed E-state index contributed by atoms with van der Waals surface area (Å²) in [6.45, 7) is 1.99. The minimum atomic E-state index is 0.499. The molecule has 0 unspecified atom stereocenters. The molecule has 0 aliphatic heterocycles. The van der Waals surface area contributed by atoms with Crippen molar-refractivity contribution in [3.05, 3.63) is 59.6 Å². The van der Waals surface area contributed by atoms with Crippen molar-refractivity contribution in [3.63, 3.8) is 0 Å². The van der Waals surface area contributed by atoms with Crippen molar-refractivity contribution in [2.75, 3.05) is 5.73 Å². The third-order valence-electron chi connectivity index (χ3n) is 3.22. The Hall–Kier alpha value is -2.33. The highest BCUT2D eigenvalue weighted by atomic mass is 35.5. The molecule has 100 valence electrons. The number of nitrogens with two attached hydrogens (primary N) is 1. The van der Waals surface area contributed by atoms with Crippen LogP contribution in [0, 0.1) is 6.92 Å². The number of pyridine rings is 1. The van der Waals surface area contributed by atoms with Gasteiger partial charge in [-0.1, -0.05) is 17.7 Å². The summed E-state index contributed by atoms with van der Waals surface area (Å²) in [6, 6.07) is 9.52. The Morgan fingerprint density at radius 3 is 2.75 bits per heavy atom. The number of benzene rings is 1. The van der Waals surface area contributed by atoms with Crippen LogP contribution in [0.5, 0.6) is 0 Å². The van der Waals surface area contributed by atoms with Crippen molar-refractivity contribution in [1.29, 1.82) is 0 Å². The molecule has 3 aromatic rings. The van der Waals surface area contributed by atoms with Crippen LogP contribution < -0.4 is 5.73 Å². The van der Waals surface area contributed by atoms with Crippen LogP contribution in [0.25, 0.3) is 16.9 Å². The zero-order valence-electron chi connectivity index (χ0n) is 10.9. The fraction of sp³-hybridized carbons (Fsp3) is 0.0667. The lowest BCUT2D eigenvalue weighted by Gasteiger charge is -2.12. The molecular formula is C15H13ClN4. The number of nitrogen functional groups attached to an aromatic ring is 1. The molecule has 0 fully saturated rings. The van der Waals surface area contributed by atoms with Crippen LogP contribution in [0.4, 0.5) is 5.82 Å². The Balaban J connectivity index is 2.15. The molecule has 0 aliphatic carbocycles. The lowest BCUT2D eigenvalue weighted by molar-refractivity contribution is 1.04. The Labute approximate surface area is 121 Å². The first-order valence-electron chi connectivity index (χ1n) is 6.16. The standard InChI is InChI=1S/C15H13ClN4/c1-10-12(16)3-2-4-13(10)20-9-18-8-14(20)11-5-6-15(17)19-7-11/h2-9H,1H3,(H2,17,19). The van der Waals surface area contributed by atoms with E-state index >= 15 is 0 Å². The lowest BCUT2D eigenvalue weighted by atomic mass is 10.1. The Bertz CT molecular complexity index is 747. The molecule has 0 saturated carbocycles. The Morgan fingerprint density at radius 2 is 2.00 bits per heavy atom. The molecule has 0 spiro atoms. The Kier molecular flexibility index (Phi) is 3.16.